The van der Waals surface area contributed by atoms with Crippen LogP contribution in [0, 0.1) is 19.8 Å². The molecule has 8 nitrogen and oxygen atoms in total. The van der Waals surface area contributed by atoms with E-state index in [0.717, 1.165) is 11.4 Å². The largest absolute Gasteiger partial charge is 0.353 e. The molecule has 0 aromatic carbocycles. The van der Waals surface area contributed by atoms with Gasteiger partial charge in [-0.25, -0.2) is 9.36 Å². The second-order valence-electron chi connectivity index (χ2n) is 5.88. The van der Waals surface area contributed by atoms with E-state index in [1.165, 1.54) is 16.4 Å². The SMILES string of the molecule is Cc1cc(C)n(-c2nnc(SCC(=O)N[C@@H](C)C(C)C)n2N)n1. The molecule has 2 rings (SSSR count). The number of aromatic nitrogens is 5. The van der Waals surface area contributed by atoms with E-state index in [2.05, 4.69) is 34.5 Å². The van der Waals surface area contributed by atoms with E-state index >= 15 is 0 Å². The summed E-state index contributed by atoms with van der Waals surface area (Å²) < 4.78 is 2.98. The van der Waals surface area contributed by atoms with Gasteiger partial charge in [0, 0.05) is 11.7 Å². The summed E-state index contributed by atoms with van der Waals surface area (Å²) in [5.74, 6) is 7.03. The highest BCUT2D eigenvalue weighted by Crippen LogP contribution is 2.17. The van der Waals surface area contributed by atoms with Crippen molar-refractivity contribution in [1.29, 1.82) is 0 Å². The molecule has 0 spiro atoms. The number of aryl methyl sites for hydroxylation is 2. The number of hydrogen-bond acceptors (Lipinski definition) is 6. The van der Waals surface area contributed by atoms with Crippen molar-refractivity contribution in [2.75, 3.05) is 11.6 Å². The molecule has 0 aliphatic rings. The quantitative estimate of drug-likeness (QED) is 0.603. The van der Waals surface area contributed by atoms with Gasteiger partial charge in [-0.15, -0.1) is 10.2 Å². The Labute approximate surface area is 139 Å². The highest BCUT2D eigenvalue weighted by molar-refractivity contribution is 7.99. The fraction of sp³-hybridized carbons (Fsp3) is 0.571. The first-order valence-corrected chi connectivity index (χ1v) is 8.44. The van der Waals surface area contributed by atoms with Crippen LogP contribution in [0.3, 0.4) is 0 Å². The lowest BCUT2D eigenvalue weighted by Crippen LogP contribution is -2.37. The number of rotatable bonds is 6. The number of thioether (sulfide) groups is 1. The van der Waals surface area contributed by atoms with Crippen molar-refractivity contribution in [3.8, 4) is 5.95 Å². The highest BCUT2D eigenvalue weighted by atomic mass is 32.2. The van der Waals surface area contributed by atoms with E-state index in [1.807, 2.05) is 26.8 Å². The summed E-state index contributed by atoms with van der Waals surface area (Å²) in [5, 5.41) is 15.9. The molecule has 0 bridgehead atoms. The van der Waals surface area contributed by atoms with Crippen LogP contribution in [0.15, 0.2) is 11.2 Å². The molecule has 0 saturated carbocycles. The predicted octanol–water partition coefficient (Wildman–Crippen LogP) is 1.05. The fourth-order valence-electron chi connectivity index (χ4n) is 1.94. The maximum atomic E-state index is 11.9. The Kier molecular flexibility index (Phi) is 5.30. The van der Waals surface area contributed by atoms with Crippen LogP contribution in [0.5, 0.6) is 0 Å². The third-order valence-corrected chi connectivity index (χ3v) is 4.51. The molecule has 0 fully saturated rings. The zero-order chi connectivity index (χ0) is 17.1. The topological polar surface area (TPSA) is 104 Å². The summed E-state index contributed by atoms with van der Waals surface area (Å²) in [4.78, 5) is 11.9. The summed E-state index contributed by atoms with van der Waals surface area (Å²) in [6.45, 7) is 9.93. The second-order valence-corrected chi connectivity index (χ2v) is 6.82. The summed E-state index contributed by atoms with van der Waals surface area (Å²) >= 11 is 1.25. The lowest BCUT2D eigenvalue weighted by atomic mass is 10.1. The first-order valence-electron chi connectivity index (χ1n) is 7.46. The van der Waals surface area contributed by atoms with E-state index in [4.69, 9.17) is 5.84 Å². The lowest BCUT2D eigenvalue weighted by Gasteiger charge is -2.16. The Hall–Kier alpha value is -2.03. The Balaban J connectivity index is 2.03. The molecule has 0 aliphatic heterocycles. The minimum absolute atomic E-state index is 0.0492. The van der Waals surface area contributed by atoms with Crippen LogP contribution >= 0.6 is 11.8 Å². The zero-order valence-electron chi connectivity index (χ0n) is 14.1. The first-order chi connectivity index (χ1) is 10.8. The molecule has 1 amide bonds. The lowest BCUT2D eigenvalue weighted by molar-refractivity contribution is -0.119. The van der Waals surface area contributed by atoms with Crippen LogP contribution in [-0.2, 0) is 4.79 Å². The molecule has 2 heterocycles. The van der Waals surface area contributed by atoms with Crippen LogP contribution in [0.4, 0.5) is 0 Å². The maximum Gasteiger partial charge on any atom is 0.271 e. The van der Waals surface area contributed by atoms with Gasteiger partial charge in [0.05, 0.1) is 11.4 Å². The van der Waals surface area contributed by atoms with Gasteiger partial charge in [0.15, 0.2) is 0 Å². The van der Waals surface area contributed by atoms with Crippen LogP contribution in [0.1, 0.15) is 32.2 Å². The number of carbonyl (C=O) groups is 1. The molecule has 2 aromatic heterocycles. The first kappa shape index (κ1) is 17.3. The Bertz CT molecular complexity index is 691. The molecule has 2 aromatic rings. The Morgan fingerprint density at radius 3 is 2.61 bits per heavy atom. The van der Waals surface area contributed by atoms with E-state index in [-0.39, 0.29) is 17.7 Å². The minimum Gasteiger partial charge on any atom is -0.353 e. The Morgan fingerprint density at radius 1 is 1.35 bits per heavy atom. The summed E-state index contributed by atoms with van der Waals surface area (Å²) in [7, 11) is 0. The molecule has 0 unspecified atom stereocenters. The third kappa shape index (κ3) is 4.04. The normalized spacial score (nSPS) is 12.6. The fourth-order valence-corrected chi connectivity index (χ4v) is 2.60. The van der Waals surface area contributed by atoms with Gasteiger partial charge in [-0.2, -0.15) is 5.10 Å². The number of hydrogen-bond donors (Lipinski definition) is 2. The summed E-state index contributed by atoms with van der Waals surface area (Å²) in [6.07, 6.45) is 0. The predicted molar refractivity (Wildman–Crippen MR) is 89.9 cm³/mol. The molecule has 0 saturated heterocycles. The Morgan fingerprint density at radius 2 is 2.04 bits per heavy atom. The van der Waals surface area contributed by atoms with Gasteiger partial charge in [-0.1, -0.05) is 25.6 Å². The van der Waals surface area contributed by atoms with E-state index < -0.39 is 0 Å². The van der Waals surface area contributed by atoms with Crippen LogP contribution in [0.25, 0.3) is 5.95 Å². The van der Waals surface area contributed by atoms with Crippen molar-refractivity contribution < 1.29 is 4.79 Å². The summed E-state index contributed by atoms with van der Waals surface area (Å²) in [5.41, 5.74) is 1.79. The molecule has 1 atom stereocenters. The van der Waals surface area contributed by atoms with E-state index in [9.17, 15) is 4.79 Å². The number of nitrogens with zero attached hydrogens (tertiary/aromatic N) is 5. The number of nitrogens with two attached hydrogens (primary N) is 1. The van der Waals surface area contributed by atoms with Crippen molar-refractivity contribution in [3.63, 3.8) is 0 Å². The zero-order valence-corrected chi connectivity index (χ0v) is 14.9. The average molecular weight is 337 g/mol. The number of nitrogen functional groups attached to an aromatic ring is 1. The minimum atomic E-state index is -0.0492. The smallest absolute Gasteiger partial charge is 0.271 e. The van der Waals surface area contributed by atoms with Gasteiger partial charge in [-0.3, -0.25) is 4.79 Å². The molecule has 0 aliphatic carbocycles. The molecular formula is C14H23N7OS. The van der Waals surface area contributed by atoms with Crippen molar-refractivity contribution in [3.05, 3.63) is 17.5 Å². The molecule has 126 valence electrons. The van der Waals surface area contributed by atoms with Gasteiger partial charge in [0.25, 0.3) is 5.95 Å². The van der Waals surface area contributed by atoms with Crippen molar-refractivity contribution >= 4 is 17.7 Å². The molecule has 3 N–H and O–H groups in total. The number of nitrogens with one attached hydrogen (secondary N) is 1. The molecular weight excluding hydrogens is 314 g/mol. The van der Waals surface area contributed by atoms with Gasteiger partial charge in [0.1, 0.15) is 0 Å². The van der Waals surface area contributed by atoms with Crippen molar-refractivity contribution in [1.82, 2.24) is 30.0 Å². The standard InChI is InChI=1S/C14H23N7OS/c1-8(2)11(5)16-12(22)7-23-14-18-17-13(20(14)15)21-10(4)6-9(3)19-21/h6,8,11H,7,15H2,1-5H3,(H,16,22)/t11-/m0/s1. The number of amides is 1. The van der Waals surface area contributed by atoms with Crippen molar-refractivity contribution in [2.45, 2.75) is 45.8 Å². The maximum absolute atomic E-state index is 11.9. The molecule has 23 heavy (non-hydrogen) atoms. The monoisotopic (exact) mass is 337 g/mol. The third-order valence-electron chi connectivity index (χ3n) is 3.57. The van der Waals surface area contributed by atoms with E-state index in [0.29, 0.717) is 17.0 Å². The van der Waals surface area contributed by atoms with Crippen LogP contribution in [0.2, 0.25) is 0 Å². The van der Waals surface area contributed by atoms with Gasteiger partial charge in [0.2, 0.25) is 11.1 Å². The molecule has 9 heteroatoms. The van der Waals surface area contributed by atoms with Crippen molar-refractivity contribution in [2.24, 2.45) is 5.92 Å². The van der Waals surface area contributed by atoms with Gasteiger partial charge >= 0.3 is 0 Å². The van der Waals surface area contributed by atoms with Crippen LogP contribution in [-0.4, -0.2) is 42.4 Å². The highest BCUT2D eigenvalue weighted by Gasteiger charge is 2.17. The second kappa shape index (κ2) is 7.03. The van der Waals surface area contributed by atoms with Gasteiger partial charge in [-0.05, 0) is 32.8 Å². The summed E-state index contributed by atoms with van der Waals surface area (Å²) in [6, 6.07) is 2.06. The number of carbonyl (C=O) groups excluding carboxylic acids is 1. The van der Waals surface area contributed by atoms with E-state index in [1.54, 1.807) is 4.68 Å². The van der Waals surface area contributed by atoms with Gasteiger partial charge < -0.3 is 11.2 Å². The molecule has 0 radical (unpaired) electrons. The van der Waals surface area contributed by atoms with Crippen LogP contribution < -0.4 is 11.2 Å². The average Bonchev–Trinajstić information content (AvgIpc) is 2.98.